The van der Waals surface area contributed by atoms with Crippen molar-refractivity contribution in [3.8, 4) is 0 Å². The maximum absolute atomic E-state index is 12.8. The molecule has 148 valence electrons. The van der Waals surface area contributed by atoms with Gasteiger partial charge in [-0.25, -0.2) is 4.79 Å². The number of nitrogens with one attached hydrogen (secondary N) is 1. The molecule has 1 saturated heterocycles. The summed E-state index contributed by atoms with van der Waals surface area (Å²) in [5.74, 6) is 0.539. The average molecular weight is 373 g/mol. The van der Waals surface area contributed by atoms with Gasteiger partial charge < -0.3 is 15.0 Å². The minimum absolute atomic E-state index is 0.0123. The largest absolute Gasteiger partial charge is 0.444 e. The Labute approximate surface area is 161 Å². The van der Waals surface area contributed by atoms with Gasteiger partial charge in [-0.2, -0.15) is 0 Å². The van der Waals surface area contributed by atoms with E-state index in [1.54, 1.807) is 4.90 Å². The molecule has 1 N–H and O–H groups in total. The van der Waals surface area contributed by atoms with E-state index in [-0.39, 0.29) is 29.8 Å². The SMILES string of the molecule is Cc1cc(C)c(C(C)(C)NC(=O)C2[C@H]3CN(C(=O)OC(C)(C)C)C[C@@H]23)cn1. The fourth-order valence-corrected chi connectivity index (χ4v) is 4.20. The zero-order chi connectivity index (χ0) is 20.1. The lowest BCUT2D eigenvalue weighted by atomic mass is 9.91. The van der Waals surface area contributed by atoms with Crippen molar-refractivity contribution >= 4 is 12.0 Å². The molecule has 0 spiro atoms. The Morgan fingerprint density at radius 2 is 1.74 bits per heavy atom. The second-order valence-corrected chi connectivity index (χ2v) is 9.49. The molecule has 1 aliphatic heterocycles. The molecule has 2 heterocycles. The van der Waals surface area contributed by atoms with Crippen LogP contribution in [0, 0.1) is 31.6 Å². The number of ether oxygens (including phenoxy) is 1. The topological polar surface area (TPSA) is 71.5 Å². The van der Waals surface area contributed by atoms with E-state index < -0.39 is 11.1 Å². The second-order valence-electron chi connectivity index (χ2n) is 9.49. The quantitative estimate of drug-likeness (QED) is 0.883. The van der Waals surface area contributed by atoms with Crippen molar-refractivity contribution in [2.24, 2.45) is 17.8 Å². The number of aryl methyl sites for hydroxylation is 2. The summed E-state index contributed by atoms with van der Waals surface area (Å²) in [6, 6.07) is 2.04. The van der Waals surface area contributed by atoms with Crippen molar-refractivity contribution in [1.82, 2.24) is 15.2 Å². The molecule has 3 rings (SSSR count). The van der Waals surface area contributed by atoms with Crippen molar-refractivity contribution in [3.05, 3.63) is 29.1 Å². The summed E-state index contributed by atoms with van der Waals surface area (Å²) < 4.78 is 5.43. The molecule has 1 aromatic heterocycles. The number of carbonyl (C=O) groups is 2. The van der Waals surface area contributed by atoms with E-state index in [9.17, 15) is 9.59 Å². The molecule has 1 saturated carbocycles. The van der Waals surface area contributed by atoms with Crippen LogP contribution in [0.5, 0.6) is 0 Å². The molecule has 2 amide bonds. The van der Waals surface area contributed by atoms with Crippen LogP contribution in [-0.4, -0.2) is 40.6 Å². The van der Waals surface area contributed by atoms with Gasteiger partial charge in [0.1, 0.15) is 5.60 Å². The lowest BCUT2D eigenvalue weighted by Gasteiger charge is -2.29. The normalized spacial score (nSPS) is 24.4. The number of aromatic nitrogens is 1. The van der Waals surface area contributed by atoms with Crippen LogP contribution >= 0.6 is 0 Å². The molecule has 6 nitrogen and oxygen atoms in total. The molecule has 2 fully saturated rings. The van der Waals surface area contributed by atoms with E-state index in [0.717, 1.165) is 16.8 Å². The maximum Gasteiger partial charge on any atom is 0.410 e. The highest BCUT2D eigenvalue weighted by molar-refractivity contribution is 5.84. The number of pyridine rings is 1. The average Bonchev–Trinajstić information content (AvgIpc) is 2.99. The van der Waals surface area contributed by atoms with Crippen LogP contribution < -0.4 is 5.32 Å². The van der Waals surface area contributed by atoms with E-state index in [4.69, 9.17) is 4.74 Å². The maximum atomic E-state index is 12.8. The van der Waals surface area contributed by atoms with E-state index >= 15 is 0 Å². The fourth-order valence-electron chi connectivity index (χ4n) is 4.20. The number of likely N-dealkylation sites (tertiary alicyclic amines) is 1. The van der Waals surface area contributed by atoms with Crippen molar-refractivity contribution in [1.29, 1.82) is 0 Å². The van der Waals surface area contributed by atoms with Crippen LogP contribution in [0.25, 0.3) is 0 Å². The molecule has 27 heavy (non-hydrogen) atoms. The van der Waals surface area contributed by atoms with Gasteiger partial charge in [0.05, 0.1) is 5.54 Å². The summed E-state index contributed by atoms with van der Waals surface area (Å²) in [6.07, 6.45) is 1.57. The Kier molecular flexibility index (Phi) is 4.73. The highest BCUT2D eigenvalue weighted by Crippen LogP contribution is 2.52. The number of amides is 2. The number of nitrogens with zero attached hydrogens (tertiary/aromatic N) is 2. The van der Waals surface area contributed by atoms with Gasteiger partial charge in [-0.3, -0.25) is 9.78 Å². The van der Waals surface area contributed by atoms with Gasteiger partial charge in [0.15, 0.2) is 0 Å². The third-order valence-corrected chi connectivity index (χ3v) is 5.51. The third kappa shape index (κ3) is 4.09. The molecule has 0 bridgehead atoms. The van der Waals surface area contributed by atoms with E-state index in [1.807, 2.05) is 60.7 Å². The Morgan fingerprint density at radius 3 is 2.26 bits per heavy atom. The lowest BCUT2D eigenvalue weighted by molar-refractivity contribution is -0.125. The summed E-state index contributed by atoms with van der Waals surface area (Å²) in [5, 5.41) is 3.19. The fraction of sp³-hybridized carbons (Fsp3) is 0.667. The first-order valence-corrected chi connectivity index (χ1v) is 9.63. The van der Waals surface area contributed by atoms with Crippen LogP contribution in [0.4, 0.5) is 4.79 Å². The number of hydrogen-bond acceptors (Lipinski definition) is 4. The number of carbonyl (C=O) groups excluding carboxylic acids is 2. The summed E-state index contributed by atoms with van der Waals surface area (Å²) >= 11 is 0. The van der Waals surface area contributed by atoms with E-state index in [1.165, 1.54) is 0 Å². The monoisotopic (exact) mass is 373 g/mol. The minimum atomic E-state index is -0.495. The Balaban J connectivity index is 1.58. The minimum Gasteiger partial charge on any atom is -0.444 e. The van der Waals surface area contributed by atoms with Crippen molar-refractivity contribution < 1.29 is 14.3 Å². The Hall–Kier alpha value is -2.11. The van der Waals surface area contributed by atoms with E-state index in [2.05, 4.69) is 10.3 Å². The van der Waals surface area contributed by atoms with E-state index in [0.29, 0.717) is 13.1 Å². The van der Waals surface area contributed by atoms with Crippen molar-refractivity contribution in [2.75, 3.05) is 13.1 Å². The van der Waals surface area contributed by atoms with Gasteiger partial charge in [-0.1, -0.05) is 0 Å². The Morgan fingerprint density at radius 1 is 1.15 bits per heavy atom. The summed E-state index contributed by atoms with van der Waals surface area (Å²) in [7, 11) is 0. The second kappa shape index (κ2) is 6.50. The van der Waals surface area contributed by atoms with Gasteiger partial charge >= 0.3 is 6.09 Å². The number of hydrogen-bond donors (Lipinski definition) is 1. The molecule has 2 aliphatic rings. The molecular weight excluding hydrogens is 342 g/mol. The first kappa shape index (κ1) is 19.6. The summed E-state index contributed by atoms with van der Waals surface area (Å²) in [5.41, 5.74) is 2.15. The lowest BCUT2D eigenvalue weighted by Crippen LogP contribution is -2.44. The van der Waals surface area contributed by atoms with Gasteiger partial charge in [0.25, 0.3) is 0 Å². The van der Waals surface area contributed by atoms with Gasteiger partial charge in [0.2, 0.25) is 5.91 Å². The molecule has 0 aromatic carbocycles. The first-order valence-electron chi connectivity index (χ1n) is 9.63. The predicted octanol–water partition coefficient (Wildman–Crippen LogP) is 3.16. The van der Waals surface area contributed by atoms with Crippen LogP contribution in [0.1, 0.15) is 51.4 Å². The highest BCUT2D eigenvalue weighted by atomic mass is 16.6. The molecular formula is C21H31N3O3. The zero-order valence-corrected chi connectivity index (χ0v) is 17.4. The molecule has 1 aromatic rings. The first-order chi connectivity index (χ1) is 12.4. The summed E-state index contributed by atoms with van der Waals surface area (Å²) in [4.78, 5) is 31.1. The van der Waals surface area contributed by atoms with Crippen LogP contribution in [0.15, 0.2) is 12.3 Å². The standard InChI is InChI=1S/C21H31N3O3/c1-12-8-13(2)22-9-16(12)21(6,7)23-18(25)17-14-10-24(11-15(14)17)19(26)27-20(3,4)5/h8-9,14-15,17H,10-11H2,1-7H3,(H,23,25)/t14-,15+,17?. The third-order valence-electron chi connectivity index (χ3n) is 5.51. The van der Waals surface area contributed by atoms with Crippen LogP contribution in [-0.2, 0) is 15.1 Å². The molecule has 1 unspecified atom stereocenters. The molecule has 0 radical (unpaired) electrons. The molecule has 3 atom stereocenters. The number of piperidine rings is 1. The zero-order valence-electron chi connectivity index (χ0n) is 17.4. The molecule has 1 aliphatic carbocycles. The van der Waals surface area contributed by atoms with Gasteiger partial charge in [0, 0.05) is 30.9 Å². The van der Waals surface area contributed by atoms with Crippen molar-refractivity contribution in [2.45, 2.75) is 59.6 Å². The van der Waals surface area contributed by atoms with Gasteiger partial charge in [-0.15, -0.1) is 0 Å². The van der Waals surface area contributed by atoms with Crippen LogP contribution in [0.2, 0.25) is 0 Å². The van der Waals surface area contributed by atoms with Crippen LogP contribution in [0.3, 0.4) is 0 Å². The smallest absolute Gasteiger partial charge is 0.410 e. The predicted molar refractivity (Wildman–Crippen MR) is 103 cm³/mol. The highest BCUT2D eigenvalue weighted by Gasteiger charge is 2.61. The summed E-state index contributed by atoms with van der Waals surface area (Å²) in [6.45, 7) is 14.8. The molecule has 6 heteroatoms. The number of rotatable bonds is 3. The Bertz CT molecular complexity index is 754. The number of fused-ring (bicyclic) bond motifs is 1. The van der Waals surface area contributed by atoms with Gasteiger partial charge in [-0.05, 0) is 77.5 Å². The van der Waals surface area contributed by atoms with Crippen molar-refractivity contribution in [3.63, 3.8) is 0 Å².